The normalized spacial score (nSPS) is 12.8. The number of nitrogens with zero attached hydrogens (tertiary/aromatic N) is 2. The minimum absolute atomic E-state index is 0.0255. The summed E-state index contributed by atoms with van der Waals surface area (Å²) in [5.41, 5.74) is -0.0787. The predicted molar refractivity (Wildman–Crippen MR) is 130 cm³/mol. The first kappa shape index (κ1) is 30.6. The molecule has 1 aromatic carbocycles. The Morgan fingerprint density at radius 1 is 0.912 bits per heavy atom. The van der Waals surface area contributed by atoms with Crippen LogP contribution in [0.3, 0.4) is 0 Å². The lowest BCUT2D eigenvalue weighted by atomic mass is 10.3. The van der Waals surface area contributed by atoms with Crippen molar-refractivity contribution in [2.24, 2.45) is 0 Å². The molecular formula is C18H23Cl3N2O9P2. The summed E-state index contributed by atoms with van der Waals surface area (Å²) in [6.07, 6.45) is 0. The number of nitro benzene ring substituents is 1. The van der Waals surface area contributed by atoms with E-state index in [0.29, 0.717) is 0 Å². The molecule has 0 unspecified atom stereocenters. The molecule has 1 aromatic heterocycles. The van der Waals surface area contributed by atoms with E-state index < -0.39 is 20.3 Å². The fourth-order valence-corrected chi connectivity index (χ4v) is 4.82. The van der Waals surface area contributed by atoms with E-state index in [9.17, 15) is 19.2 Å². The SMILES string of the molecule is CCOP(=O)(OCC)Oc1ccc([N+](=O)[O-])cc1.CCO[P@](C)(=O)Oc1nc(Cl)c(Cl)cc1Cl. The zero-order chi connectivity index (χ0) is 25.9. The molecule has 0 saturated carbocycles. The van der Waals surface area contributed by atoms with Crippen LogP contribution in [0.1, 0.15) is 20.8 Å². The van der Waals surface area contributed by atoms with Gasteiger partial charge in [0.05, 0.1) is 29.8 Å². The molecular weight excluding hydrogens is 557 g/mol. The van der Waals surface area contributed by atoms with Crippen LogP contribution in [0.5, 0.6) is 11.6 Å². The quantitative estimate of drug-likeness (QED) is 0.114. The Labute approximate surface area is 211 Å². The number of benzene rings is 1. The molecule has 2 aromatic rings. The Balaban J connectivity index is 0.000000342. The van der Waals surface area contributed by atoms with Crippen molar-refractivity contribution in [2.45, 2.75) is 20.8 Å². The van der Waals surface area contributed by atoms with Crippen LogP contribution >= 0.6 is 50.2 Å². The second-order valence-electron chi connectivity index (χ2n) is 5.95. The number of hydrogen-bond acceptors (Lipinski definition) is 10. The zero-order valence-corrected chi connectivity index (χ0v) is 22.7. The summed E-state index contributed by atoms with van der Waals surface area (Å²) in [4.78, 5) is 13.7. The maximum Gasteiger partial charge on any atom is 0.530 e. The van der Waals surface area contributed by atoms with E-state index in [1.165, 1.54) is 37.0 Å². The average Bonchev–Trinajstić information content (AvgIpc) is 2.73. The number of nitro groups is 1. The number of rotatable bonds is 11. The number of phosphoric acid groups is 1. The highest BCUT2D eigenvalue weighted by atomic mass is 35.5. The molecule has 0 fully saturated rings. The number of aromatic nitrogens is 1. The van der Waals surface area contributed by atoms with Crippen LogP contribution in [-0.4, -0.2) is 36.4 Å². The molecule has 2 rings (SSSR count). The van der Waals surface area contributed by atoms with Gasteiger partial charge < -0.3 is 13.6 Å². The minimum Gasteiger partial charge on any atom is -0.404 e. The van der Waals surface area contributed by atoms with Crippen molar-refractivity contribution in [1.29, 1.82) is 0 Å². The van der Waals surface area contributed by atoms with Gasteiger partial charge in [0.1, 0.15) is 10.8 Å². The monoisotopic (exact) mass is 578 g/mol. The van der Waals surface area contributed by atoms with E-state index in [1.54, 1.807) is 20.8 Å². The van der Waals surface area contributed by atoms with Gasteiger partial charge in [0.15, 0.2) is 5.15 Å². The molecule has 0 N–H and O–H groups in total. The highest BCUT2D eigenvalue weighted by Crippen LogP contribution is 2.49. The van der Waals surface area contributed by atoms with Gasteiger partial charge in [0.2, 0.25) is 5.88 Å². The minimum atomic E-state index is -3.65. The van der Waals surface area contributed by atoms with Crippen molar-refractivity contribution in [3.63, 3.8) is 0 Å². The number of halogens is 3. The Kier molecular flexibility index (Phi) is 12.8. The van der Waals surface area contributed by atoms with Gasteiger partial charge in [-0.1, -0.05) is 34.8 Å². The van der Waals surface area contributed by atoms with Crippen molar-refractivity contribution in [3.8, 4) is 11.6 Å². The maximum absolute atomic E-state index is 12.0. The molecule has 0 aliphatic heterocycles. The van der Waals surface area contributed by atoms with Crippen LogP contribution < -0.4 is 9.05 Å². The lowest BCUT2D eigenvalue weighted by Gasteiger charge is -2.16. The second kappa shape index (κ2) is 14.2. The van der Waals surface area contributed by atoms with Crippen LogP contribution in [-0.2, 0) is 22.7 Å². The van der Waals surface area contributed by atoms with E-state index >= 15 is 0 Å². The smallest absolute Gasteiger partial charge is 0.404 e. The largest absolute Gasteiger partial charge is 0.530 e. The molecule has 16 heteroatoms. The molecule has 190 valence electrons. The molecule has 11 nitrogen and oxygen atoms in total. The van der Waals surface area contributed by atoms with E-state index in [1.807, 2.05) is 0 Å². The van der Waals surface area contributed by atoms with Crippen LogP contribution in [0.2, 0.25) is 15.2 Å². The molecule has 0 radical (unpaired) electrons. The Bertz CT molecular complexity index is 1050. The van der Waals surface area contributed by atoms with Crippen LogP contribution in [0, 0.1) is 10.1 Å². The van der Waals surface area contributed by atoms with Crippen LogP contribution in [0.25, 0.3) is 0 Å². The van der Waals surface area contributed by atoms with Crippen molar-refractivity contribution in [1.82, 2.24) is 4.98 Å². The summed E-state index contributed by atoms with van der Waals surface area (Å²) < 4.78 is 48.6. The molecule has 1 heterocycles. The van der Waals surface area contributed by atoms with Gasteiger partial charge in [0, 0.05) is 18.8 Å². The number of phosphoric ester groups is 1. The molecule has 0 spiro atoms. The van der Waals surface area contributed by atoms with Crippen LogP contribution in [0.15, 0.2) is 30.3 Å². The van der Waals surface area contributed by atoms with Crippen LogP contribution in [0.4, 0.5) is 5.69 Å². The fraction of sp³-hybridized carbons (Fsp3) is 0.389. The van der Waals surface area contributed by atoms with E-state index in [-0.39, 0.29) is 52.3 Å². The summed E-state index contributed by atoms with van der Waals surface area (Å²) in [6, 6.07) is 6.53. The third kappa shape index (κ3) is 10.5. The first-order chi connectivity index (χ1) is 15.9. The summed E-state index contributed by atoms with van der Waals surface area (Å²) in [7, 11) is -6.87. The topological polar surface area (TPSA) is 136 Å². The van der Waals surface area contributed by atoms with Gasteiger partial charge in [-0.05, 0) is 39.0 Å². The number of pyridine rings is 1. The van der Waals surface area contributed by atoms with Gasteiger partial charge >= 0.3 is 15.4 Å². The van der Waals surface area contributed by atoms with Gasteiger partial charge in [-0.3, -0.25) is 19.2 Å². The Hall–Kier alpha value is -1.42. The summed E-state index contributed by atoms with van der Waals surface area (Å²) in [6.45, 7) is 6.93. The van der Waals surface area contributed by atoms with Crippen molar-refractivity contribution < 1.29 is 36.7 Å². The van der Waals surface area contributed by atoms with Gasteiger partial charge in [0.25, 0.3) is 5.69 Å². The lowest BCUT2D eigenvalue weighted by molar-refractivity contribution is -0.384. The molecule has 34 heavy (non-hydrogen) atoms. The number of hydrogen-bond donors (Lipinski definition) is 0. The van der Waals surface area contributed by atoms with Gasteiger partial charge in [-0.2, -0.15) is 4.98 Å². The highest BCUT2D eigenvalue weighted by molar-refractivity contribution is 7.53. The van der Waals surface area contributed by atoms with E-state index in [4.69, 9.17) is 57.4 Å². The molecule has 0 amide bonds. The van der Waals surface area contributed by atoms with Crippen molar-refractivity contribution >= 4 is 55.9 Å². The molecule has 0 aliphatic carbocycles. The third-order valence-corrected chi connectivity index (χ3v) is 7.07. The maximum atomic E-state index is 12.0. The third-order valence-electron chi connectivity index (χ3n) is 3.31. The average molecular weight is 580 g/mol. The fourth-order valence-electron chi connectivity index (χ4n) is 2.07. The molecule has 1 atom stereocenters. The second-order valence-corrected chi connectivity index (χ2v) is 10.7. The molecule has 0 bridgehead atoms. The zero-order valence-electron chi connectivity index (χ0n) is 18.6. The van der Waals surface area contributed by atoms with E-state index in [2.05, 4.69) is 4.98 Å². The standard InChI is InChI=1S/C10H14NO6P.C8H9Cl3NO3P/c1-3-15-18(14,16-4-2)17-10-7-5-9(6-8-10)11(12)13;1-3-14-16(2,13)15-8-6(10)4-5(9)7(11)12-8/h5-8H,3-4H2,1-2H3;4H,3H2,1-2H3/t;16-/m.0/s1. The first-order valence-corrected chi connectivity index (χ1v) is 14.2. The lowest BCUT2D eigenvalue weighted by Crippen LogP contribution is -2.02. The van der Waals surface area contributed by atoms with E-state index in [0.717, 1.165) is 0 Å². The molecule has 0 saturated heterocycles. The Morgan fingerprint density at radius 2 is 1.44 bits per heavy atom. The molecule has 0 aliphatic rings. The summed E-state index contributed by atoms with van der Waals surface area (Å²) in [5.74, 6) is 0.126. The highest BCUT2D eigenvalue weighted by Gasteiger charge is 2.27. The summed E-state index contributed by atoms with van der Waals surface area (Å²) >= 11 is 17.2. The predicted octanol–water partition coefficient (Wildman–Crippen LogP) is 7.43. The van der Waals surface area contributed by atoms with Gasteiger partial charge in [-0.25, -0.2) is 9.13 Å². The van der Waals surface area contributed by atoms with Crippen molar-refractivity contribution in [2.75, 3.05) is 26.5 Å². The van der Waals surface area contributed by atoms with Crippen molar-refractivity contribution in [3.05, 3.63) is 55.6 Å². The number of non-ortho nitro benzene ring substituents is 1. The summed E-state index contributed by atoms with van der Waals surface area (Å²) in [5, 5.41) is 10.8. The first-order valence-electron chi connectivity index (χ1n) is 9.62. The van der Waals surface area contributed by atoms with Gasteiger partial charge in [-0.15, -0.1) is 0 Å². The Morgan fingerprint density at radius 3 is 1.91 bits per heavy atom.